The van der Waals surface area contributed by atoms with Crippen LogP contribution in [-0.4, -0.2) is 25.1 Å². The molecular weight excluding hydrogens is 350 g/mol. The summed E-state index contributed by atoms with van der Waals surface area (Å²) in [5, 5.41) is 9.42. The highest BCUT2D eigenvalue weighted by molar-refractivity contribution is 6.18. The predicted molar refractivity (Wildman–Crippen MR) is 111 cm³/mol. The van der Waals surface area contributed by atoms with Crippen LogP contribution in [0.1, 0.15) is 22.0 Å². The summed E-state index contributed by atoms with van der Waals surface area (Å²) in [7, 11) is 1.78. The van der Waals surface area contributed by atoms with Gasteiger partial charge in [-0.25, -0.2) is 4.98 Å². The molecule has 0 aliphatic heterocycles. The van der Waals surface area contributed by atoms with E-state index in [1.54, 1.807) is 17.8 Å². The normalized spacial score (nSPS) is 11.5. The lowest BCUT2D eigenvalue weighted by Crippen LogP contribution is -2.16. The van der Waals surface area contributed by atoms with Gasteiger partial charge < -0.3 is 5.32 Å². The van der Waals surface area contributed by atoms with Crippen LogP contribution in [0.2, 0.25) is 0 Å². The lowest BCUT2D eigenvalue weighted by atomic mass is 10.1. The Morgan fingerprint density at radius 2 is 1.71 bits per heavy atom. The van der Waals surface area contributed by atoms with Gasteiger partial charge in [0.25, 0.3) is 5.91 Å². The van der Waals surface area contributed by atoms with E-state index in [1.807, 2.05) is 56.3 Å². The number of fused-ring (bicyclic) bond motifs is 5. The van der Waals surface area contributed by atoms with Gasteiger partial charge in [-0.3, -0.25) is 13.9 Å². The third-order valence-corrected chi connectivity index (χ3v) is 5.11. The monoisotopic (exact) mass is 369 g/mol. The molecule has 138 valence electrons. The Hall–Kier alpha value is -3.67. The van der Waals surface area contributed by atoms with Gasteiger partial charge in [-0.15, -0.1) is 0 Å². The lowest BCUT2D eigenvalue weighted by molar-refractivity contribution is 0.101. The minimum Gasteiger partial charge on any atom is -0.318 e. The van der Waals surface area contributed by atoms with Crippen LogP contribution in [0.5, 0.6) is 0 Å². The van der Waals surface area contributed by atoms with Crippen molar-refractivity contribution >= 4 is 38.9 Å². The molecule has 6 nitrogen and oxygen atoms in total. The van der Waals surface area contributed by atoms with Gasteiger partial charge in [-0.05, 0) is 32.0 Å². The summed E-state index contributed by atoms with van der Waals surface area (Å²) in [6, 6.07) is 17.9. The summed E-state index contributed by atoms with van der Waals surface area (Å²) in [5.74, 6) is 0.696. The zero-order valence-electron chi connectivity index (χ0n) is 15.9. The second kappa shape index (κ2) is 5.92. The van der Waals surface area contributed by atoms with Gasteiger partial charge in [0.15, 0.2) is 0 Å². The summed E-state index contributed by atoms with van der Waals surface area (Å²) in [5.41, 5.74) is 5.00. The van der Waals surface area contributed by atoms with Crippen molar-refractivity contribution in [3.05, 3.63) is 71.8 Å². The molecule has 6 heteroatoms. The quantitative estimate of drug-likeness (QED) is 0.506. The maximum atomic E-state index is 13.1. The minimum absolute atomic E-state index is 0.181. The molecule has 1 N–H and O–H groups in total. The maximum absolute atomic E-state index is 13.1. The second-order valence-electron chi connectivity index (χ2n) is 7.00. The van der Waals surface area contributed by atoms with Crippen molar-refractivity contribution < 1.29 is 4.79 Å². The molecule has 0 spiro atoms. The molecule has 5 rings (SSSR count). The molecule has 0 radical (unpaired) electrons. The van der Waals surface area contributed by atoms with Crippen LogP contribution in [0.25, 0.3) is 27.3 Å². The van der Waals surface area contributed by atoms with Gasteiger partial charge >= 0.3 is 0 Å². The van der Waals surface area contributed by atoms with Gasteiger partial charge in [0, 0.05) is 17.8 Å². The van der Waals surface area contributed by atoms with E-state index >= 15 is 0 Å². The zero-order valence-corrected chi connectivity index (χ0v) is 15.9. The number of hydrogen-bond acceptors (Lipinski definition) is 3. The smallest absolute Gasteiger partial charge is 0.274 e. The number of hydrogen-bond donors (Lipinski definition) is 1. The van der Waals surface area contributed by atoms with E-state index in [2.05, 4.69) is 20.9 Å². The third-order valence-electron chi connectivity index (χ3n) is 5.11. The summed E-state index contributed by atoms with van der Waals surface area (Å²) >= 11 is 0. The molecule has 1 amide bonds. The lowest BCUT2D eigenvalue weighted by Gasteiger charge is -2.09. The molecule has 0 aliphatic rings. The molecule has 28 heavy (non-hydrogen) atoms. The molecule has 0 atom stereocenters. The molecular formula is C22H19N5O. The summed E-state index contributed by atoms with van der Waals surface area (Å²) in [6.45, 7) is 3.87. The van der Waals surface area contributed by atoms with E-state index in [9.17, 15) is 4.79 Å². The van der Waals surface area contributed by atoms with E-state index in [1.165, 1.54) is 0 Å². The molecule has 0 fully saturated rings. The van der Waals surface area contributed by atoms with Gasteiger partial charge in [0.1, 0.15) is 11.5 Å². The Morgan fingerprint density at radius 3 is 2.46 bits per heavy atom. The highest BCUT2D eigenvalue weighted by Gasteiger charge is 2.20. The topological polar surface area (TPSA) is 64.2 Å². The standard InChI is InChI=1S/C22H19N5O/c1-13-12-19(26(3)25-13)22(28)24-20-16-9-5-7-11-18(16)27-14(2)23-17-10-6-4-8-15(17)21(20)27/h4-12H,1-3H3,(H,24,28). The number of rotatable bonds is 2. The number of nitrogens with one attached hydrogen (secondary N) is 1. The first kappa shape index (κ1) is 16.5. The van der Waals surface area contributed by atoms with E-state index in [0.29, 0.717) is 5.69 Å². The number of benzene rings is 2. The molecule has 2 aromatic carbocycles. The van der Waals surface area contributed by atoms with Crippen molar-refractivity contribution in [2.45, 2.75) is 13.8 Å². The Balaban J connectivity index is 1.84. The fraction of sp³-hybridized carbons (Fsp3) is 0.136. The van der Waals surface area contributed by atoms with E-state index in [4.69, 9.17) is 4.98 Å². The molecule has 5 aromatic rings. The number of aromatic nitrogens is 4. The van der Waals surface area contributed by atoms with Crippen molar-refractivity contribution in [3.63, 3.8) is 0 Å². The van der Waals surface area contributed by atoms with Gasteiger partial charge in [-0.2, -0.15) is 5.10 Å². The molecule has 3 aromatic heterocycles. The second-order valence-corrected chi connectivity index (χ2v) is 7.00. The molecule has 0 unspecified atom stereocenters. The van der Waals surface area contributed by atoms with Crippen molar-refractivity contribution in [2.75, 3.05) is 5.32 Å². The number of anilines is 1. The van der Waals surface area contributed by atoms with Crippen molar-refractivity contribution in [1.82, 2.24) is 19.2 Å². The highest BCUT2D eigenvalue weighted by Crippen LogP contribution is 2.36. The number of para-hydroxylation sites is 2. The first-order valence-electron chi connectivity index (χ1n) is 9.15. The largest absolute Gasteiger partial charge is 0.318 e. The Labute approximate surface area is 161 Å². The minimum atomic E-state index is -0.181. The van der Waals surface area contributed by atoms with Gasteiger partial charge in [0.2, 0.25) is 0 Å². The number of nitrogens with zero attached hydrogens (tertiary/aromatic N) is 4. The van der Waals surface area contributed by atoms with Crippen molar-refractivity contribution in [3.8, 4) is 0 Å². The van der Waals surface area contributed by atoms with Crippen LogP contribution in [0.3, 0.4) is 0 Å². The van der Waals surface area contributed by atoms with E-state index in [-0.39, 0.29) is 5.91 Å². The Morgan fingerprint density at radius 1 is 1.00 bits per heavy atom. The fourth-order valence-electron chi connectivity index (χ4n) is 3.95. The molecule has 0 saturated carbocycles. The average molecular weight is 369 g/mol. The first-order chi connectivity index (χ1) is 13.5. The Kier molecular flexibility index (Phi) is 3.49. The molecule has 0 saturated heterocycles. The zero-order chi connectivity index (χ0) is 19.4. The SMILES string of the molecule is Cc1cc(C(=O)Nc2c3ccccc3n3c(C)nc4ccccc4c23)n(C)n1. The summed E-state index contributed by atoms with van der Waals surface area (Å²) in [4.78, 5) is 17.8. The third kappa shape index (κ3) is 2.31. The number of aryl methyl sites for hydroxylation is 3. The van der Waals surface area contributed by atoms with Gasteiger partial charge in [-0.1, -0.05) is 36.4 Å². The average Bonchev–Trinajstić information content (AvgIpc) is 3.20. The Bertz CT molecular complexity index is 1390. The van der Waals surface area contributed by atoms with Crippen molar-refractivity contribution in [2.24, 2.45) is 7.05 Å². The van der Waals surface area contributed by atoms with Gasteiger partial charge in [0.05, 0.1) is 27.9 Å². The maximum Gasteiger partial charge on any atom is 0.274 e. The number of amides is 1. The van der Waals surface area contributed by atoms with Crippen LogP contribution >= 0.6 is 0 Å². The van der Waals surface area contributed by atoms with Crippen LogP contribution in [-0.2, 0) is 7.05 Å². The van der Waals surface area contributed by atoms with Crippen LogP contribution in [0, 0.1) is 13.8 Å². The van der Waals surface area contributed by atoms with Crippen molar-refractivity contribution in [1.29, 1.82) is 0 Å². The van der Waals surface area contributed by atoms with Crippen LogP contribution < -0.4 is 5.32 Å². The predicted octanol–water partition coefficient (Wildman–Crippen LogP) is 4.24. The van der Waals surface area contributed by atoms with Crippen LogP contribution in [0.4, 0.5) is 5.69 Å². The number of carbonyl (C=O) groups is 1. The number of carbonyl (C=O) groups excluding carboxylic acids is 1. The van der Waals surface area contributed by atoms with Crippen LogP contribution in [0.15, 0.2) is 54.6 Å². The molecule has 3 heterocycles. The molecule has 0 aliphatic carbocycles. The van der Waals surface area contributed by atoms with E-state index < -0.39 is 0 Å². The highest BCUT2D eigenvalue weighted by atomic mass is 16.2. The fourth-order valence-corrected chi connectivity index (χ4v) is 3.95. The summed E-state index contributed by atoms with van der Waals surface area (Å²) in [6.07, 6.45) is 0. The first-order valence-corrected chi connectivity index (χ1v) is 9.15. The molecule has 0 bridgehead atoms. The summed E-state index contributed by atoms with van der Waals surface area (Å²) < 4.78 is 3.72. The van der Waals surface area contributed by atoms with E-state index in [0.717, 1.165) is 44.5 Å².